The summed E-state index contributed by atoms with van der Waals surface area (Å²) in [4.78, 5) is 19.9. The van der Waals surface area contributed by atoms with Crippen molar-refractivity contribution in [3.63, 3.8) is 0 Å². The van der Waals surface area contributed by atoms with Crippen molar-refractivity contribution >= 4 is 11.8 Å². The van der Waals surface area contributed by atoms with Gasteiger partial charge < -0.3 is 5.32 Å². The molecule has 0 saturated heterocycles. The first-order chi connectivity index (χ1) is 10.1. The molecule has 1 aliphatic rings. The Labute approximate surface area is 122 Å². The van der Waals surface area contributed by atoms with Crippen LogP contribution in [0.4, 0.5) is 10.6 Å². The number of nitrogens with one attached hydrogen (secondary N) is 2. The Hall–Kier alpha value is -2.44. The summed E-state index contributed by atoms with van der Waals surface area (Å²) >= 11 is 0. The Bertz CT molecular complexity index is 661. The van der Waals surface area contributed by atoms with E-state index in [1.165, 1.54) is 18.5 Å². The van der Waals surface area contributed by atoms with Crippen molar-refractivity contribution in [3.8, 4) is 0 Å². The van der Waals surface area contributed by atoms with Crippen LogP contribution in [0.15, 0.2) is 18.3 Å². The van der Waals surface area contributed by atoms with Gasteiger partial charge in [-0.15, -0.1) is 0 Å². The van der Waals surface area contributed by atoms with Gasteiger partial charge in [0.1, 0.15) is 11.6 Å². The van der Waals surface area contributed by atoms with E-state index in [4.69, 9.17) is 0 Å². The number of amides is 2. The summed E-state index contributed by atoms with van der Waals surface area (Å²) in [6, 6.07) is 3.41. The van der Waals surface area contributed by atoms with Gasteiger partial charge in [-0.1, -0.05) is 0 Å². The third-order valence-electron chi connectivity index (χ3n) is 3.41. The fourth-order valence-corrected chi connectivity index (χ4v) is 2.25. The molecule has 7 nitrogen and oxygen atoms in total. The maximum Gasteiger partial charge on any atom is 0.320 e. The number of hydrogen-bond donors (Lipinski definition) is 2. The summed E-state index contributed by atoms with van der Waals surface area (Å²) in [5.41, 5.74) is 2.12. The highest BCUT2D eigenvalue weighted by atomic mass is 16.2. The van der Waals surface area contributed by atoms with Crippen LogP contribution in [-0.2, 0) is 13.6 Å². The monoisotopic (exact) mass is 286 g/mol. The number of aromatic nitrogens is 4. The number of carbonyl (C=O) groups is 1. The van der Waals surface area contributed by atoms with Crippen LogP contribution in [0.5, 0.6) is 0 Å². The minimum absolute atomic E-state index is 0.299. The van der Waals surface area contributed by atoms with E-state index in [2.05, 4.69) is 31.8 Å². The minimum atomic E-state index is -0.299. The molecule has 0 aromatic carbocycles. The van der Waals surface area contributed by atoms with E-state index in [0.29, 0.717) is 24.1 Å². The van der Waals surface area contributed by atoms with Crippen LogP contribution in [0, 0.1) is 6.92 Å². The smallest absolute Gasteiger partial charge is 0.320 e. The second-order valence-corrected chi connectivity index (χ2v) is 5.26. The zero-order chi connectivity index (χ0) is 14.8. The number of hydrogen-bond acceptors (Lipinski definition) is 4. The molecular weight excluding hydrogens is 268 g/mol. The van der Waals surface area contributed by atoms with Crippen molar-refractivity contribution in [2.75, 3.05) is 5.32 Å². The van der Waals surface area contributed by atoms with Crippen molar-refractivity contribution in [1.29, 1.82) is 0 Å². The van der Waals surface area contributed by atoms with E-state index in [1.54, 1.807) is 19.2 Å². The van der Waals surface area contributed by atoms with Gasteiger partial charge in [-0.25, -0.2) is 14.8 Å². The summed E-state index contributed by atoms with van der Waals surface area (Å²) in [6.07, 6.45) is 4.08. The molecule has 0 atom stereocenters. The Morgan fingerprint density at radius 3 is 3.00 bits per heavy atom. The molecule has 0 unspecified atom stereocenters. The zero-order valence-electron chi connectivity index (χ0n) is 12.1. The molecule has 2 N–H and O–H groups in total. The molecule has 0 aliphatic heterocycles. The summed E-state index contributed by atoms with van der Waals surface area (Å²) in [5.74, 6) is 1.75. The van der Waals surface area contributed by atoms with E-state index in [-0.39, 0.29) is 6.03 Å². The number of aryl methyl sites for hydroxylation is 2. The molecule has 2 heterocycles. The maximum atomic E-state index is 11.8. The topological polar surface area (TPSA) is 84.7 Å². The first kappa shape index (κ1) is 13.5. The quantitative estimate of drug-likeness (QED) is 0.896. The van der Waals surface area contributed by atoms with Crippen LogP contribution in [0.25, 0.3) is 0 Å². The second-order valence-electron chi connectivity index (χ2n) is 5.26. The van der Waals surface area contributed by atoms with Crippen LogP contribution in [0.1, 0.15) is 36.0 Å². The lowest BCUT2D eigenvalue weighted by atomic mass is 10.2. The highest BCUT2D eigenvalue weighted by Gasteiger charge is 2.27. The Balaban J connectivity index is 1.54. The van der Waals surface area contributed by atoms with Crippen LogP contribution in [-0.4, -0.2) is 25.8 Å². The summed E-state index contributed by atoms with van der Waals surface area (Å²) in [7, 11) is 1.95. The van der Waals surface area contributed by atoms with Gasteiger partial charge in [0.25, 0.3) is 0 Å². The molecule has 2 aromatic heterocycles. The largest absolute Gasteiger partial charge is 0.332 e. The number of nitrogens with zero attached hydrogens (tertiary/aromatic N) is 4. The van der Waals surface area contributed by atoms with Crippen molar-refractivity contribution < 1.29 is 4.79 Å². The van der Waals surface area contributed by atoms with Gasteiger partial charge >= 0.3 is 6.03 Å². The third-order valence-corrected chi connectivity index (χ3v) is 3.41. The van der Waals surface area contributed by atoms with Crippen LogP contribution >= 0.6 is 0 Å². The van der Waals surface area contributed by atoms with Crippen LogP contribution < -0.4 is 10.6 Å². The molecule has 2 aromatic rings. The fraction of sp³-hybridized carbons (Fsp3) is 0.429. The molecule has 0 spiro atoms. The van der Waals surface area contributed by atoms with E-state index < -0.39 is 0 Å². The highest BCUT2D eigenvalue weighted by molar-refractivity contribution is 5.88. The molecular formula is C14H18N6O. The van der Waals surface area contributed by atoms with Crippen molar-refractivity contribution in [3.05, 3.63) is 35.5 Å². The number of carbonyl (C=O) groups excluding carboxylic acids is 1. The first-order valence-electron chi connectivity index (χ1n) is 6.99. The van der Waals surface area contributed by atoms with Crippen molar-refractivity contribution in [1.82, 2.24) is 25.1 Å². The van der Waals surface area contributed by atoms with Gasteiger partial charge in [0.2, 0.25) is 0 Å². The van der Waals surface area contributed by atoms with E-state index in [9.17, 15) is 4.79 Å². The van der Waals surface area contributed by atoms with Crippen LogP contribution in [0.2, 0.25) is 0 Å². The van der Waals surface area contributed by atoms with Crippen LogP contribution in [0.3, 0.4) is 0 Å². The molecule has 1 saturated carbocycles. The predicted molar refractivity (Wildman–Crippen MR) is 77.8 cm³/mol. The Morgan fingerprint density at radius 1 is 1.48 bits per heavy atom. The standard InChI is InChI=1S/C14H18N6O/c1-9-15-6-5-13(17-9)18-14(21)16-8-11-7-12(10-3-4-10)20(2)19-11/h5-7,10H,3-4,8H2,1-2H3,(H2,15,16,17,18,21). The molecule has 7 heteroatoms. The predicted octanol–water partition coefficient (Wildman–Crippen LogP) is 1.72. The average molecular weight is 286 g/mol. The normalized spacial score (nSPS) is 14.0. The number of anilines is 1. The molecule has 0 radical (unpaired) electrons. The van der Waals surface area contributed by atoms with Crippen molar-refractivity contribution in [2.24, 2.45) is 7.05 Å². The fourth-order valence-electron chi connectivity index (χ4n) is 2.25. The minimum Gasteiger partial charge on any atom is -0.332 e. The van der Waals surface area contributed by atoms with E-state index >= 15 is 0 Å². The number of rotatable bonds is 4. The molecule has 1 aliphatic carbocycles. The Morgan fingerprint density at radius 2 is 2.29 bits per heavy atom. The molecule has 110 valence electrons. The highest BCUT2D eigenvalue weighted by Crippen LogP contribution is 2.39. The summed E-state index contributed by atoms with van der Waals surface area (Å²) in [5, 5.41) is 9.87. The Kier molecular flexibility index (Phi) is 3.55. The summed E-state index contributed by atoms with van der Waals surface area (Å²) < 4.78 is 1.90. The average Bonchev–Trinajstić information content (AvgIpc) is 3.20. The molecule has 21 heavy (non-hydrogen) atoms. The van der Waals surface area contributed by atoms with Gasteiger partial charge in [0, 0.05) is 24.9 Å². The molecule has 1 fully saturated rings. The van der Waals surface area contributed by atoms with Gasteiger partial charge in [-0.3, -0.25) is 10.00 Å². The lowest BCUT2D eigenvalue weighted by Crippen LogP contribution is -2.28. The second kappa shape index (κ2) is 5.51. The SMILES string of the molecule is Cc1nccc(NC(=O)NCc2cc(C3CC3)n(C)n2)n1. The first-order valence-corrected chi connectivity index (χ1v) is 6.99. The van der Waals surface area contributed by atoms with Gasteiger partial charge in [0.05, 0.1) is 12.2 Å². The molecule has 0 bridgehead atoms. The van der Waals surface area contributed by atoms with Gasteiger partial charge in [0.15, 0.2) is 0 Å². The lowest BCUT2D eigenvalue weighted by Gasteiger charge is -2.05. The maximum absolute atomic E-state index is 11.8. The summed E-state index contributed by atoms with van der Waals surface area (Å²) in [6.45, 7) is 2.17. The third kappa shape index (κ3) is 3.36. The van der Waals surface area contributed by atoms with Gasteiger partial charge in [-0.05, 0) is 31.9 Å². The van der Waals surface area contributed by atoms with E-state index in [0.717, 1.165) is 5.69 Å². The number of urea groups is 1. The van der Waals surface area contributed by atoms with Crippen molar-refractivity contribution in [2.45, 2.75) is 32.2 Å². The lowest BCUT2D eigenvalue weighted by molar-refractivity contribution is 0.251. The zero-order valence-corrected chi connectivity index (χ0v) is 12.1. The van der Waals surface area contributed by atoms with Gasteiger partial charge in [-0.2, -0.15) is 5.10 Å². The van der Waals surface area contributed by atoms with E-state index in [1.807, 2.05) is 11.7 Å². The molecule has 2 amide bonds. The molecule has 3 rings (SSSR count).